The number of β-amino-alcohol motifs (C(OH)–C–C–N with tert-alkyl or cyclic N) is 1. The number of aromatic nitrogens is 1. The van der Waals surface area contributed by atoms with E-state index in [2.05, 4.69) is 15.2 Å². The van der Waals surface area contributed by atoms with E-state index in [4.69, 9.17) is 8.83 Å². The quantitative estimate of drug-likeness (QED) is 0.810. The molecular formula is C18H27N3O3. The van der Waals surface area contributed by atoms with E-state index in [0.29, 0.717) is 24.1 Å². The second-order valence-electron chi connectivity index (χ2n) is 6.72. The van der Waals surface area contributed by atoms with Crippen LogP contribution in [0.2, 0.25) is 0 Å². The third kappa shape index (κ3) is 4.47. The van der Waals surface area contributed by atoms with Crippen LogP contribution < -0.4 is 5.32 Å². The van der Waals surface area contributed by atoms with Crippen LogP contribution in [0.4, 0.5) is 0 Å². The fourth-order valence-electron chi connectivity index (χ4n) is 3.24. The zero-order chi connectivity index (χ0) is 16.9. The fourth-order valence-corrected chi connectivity index (χ4v) is 3.24. The number of hydrogen-bond donors (Lipinski definition) is 2. The molecule has 1 fully saturated rings. The van der Waals surface area contributed by atoms with E-state index in [1.54, 1.807) is 6.26 Å². The summed E-state index contributed by atoms with van der Waals surface area (Å²) < 4.78 is 11.0. The molecule has 0 bridgehead atoms. The van der Waals surface area contributed by atoms with Gasteiger partial charge in [-0.1, -0.05) is 0 Å². The van der Waals surface area contributed by atoms with Gasteiger partial charge in [0.05, 0.1) is 18.1 Å². The first-order chi connectivity index (χ1) is 11.6. The summed E-state index contributed by atoms with van der Waals surface area (Å²) in [4.78, 5) is 6.87. The van der Waals surface area contributed by atoms with Crippen molar-refractivity contribution in [3.05, 3.63) is 29.9 Å². The minimum atomic E-state index is -0.238. The molecule has 2 N–H and O–H groups in total. The van der Waals surface area contributed by atoms with Gasteiger partial charge in [-0.05, 0) is 64.4 Å². The maximum atomic E-state index is 9.46. The summed E-state index contributed by atoms with van der Waals surface area (Å²) in [5.74, 6) is 2.73. The average Bonchev–Trinajstić information content (AvgIpc) is 3.19. The number of nitrogens with one attached hydrogen (secondary N) is 1. The van der Waals surface area contributed by atoms with Crippen molar-refractivity contribution < 1.29 is 13.9 Å². The third-order valence-corrected chi connectivity index (χ3v) is 4.58. The Morgan fingerprint density at radius 1 is 1.42 bits per heavy atom. The summed E-state index contributed by atoms with van der Waals surface area (Å²) in [7, 11) is 0. The lowest BCUT2D eigenvalue weighted by Gasteiger charge is -2.32. The number of hydrogen-bond acceptors (Lipinski definition) is 6. The monoisotopic (exact) mass is 333 g/mol. The van der Waals surface area contributed by atoms with Crippen LogP contribution in [-0.2, 0) is 6.54 Å². The van der Waals surface area contributed by atoms with Crippen molar-refractivity contribution in [2.75, 3.05) is 26.2 Å². The van der Waals surface area contributed by atoms with Gasteiger partial charge in [0.1, 0.15) is 5.76 Å². The first-order valence-electron chi connectivity index (χ1n) is 8.73. The minimum absolute atomic E-state index is 0.238. The summed E-state index contributed by atoms with van der Waals surface area (Å²) in [5, 5.41) is 13.0. The molecule has 3 rings (SSSR count). The molecule has 0 spiro atoms. The molecule has 0 radical (unpaired) electrons. The third-order valence-electron chi connectivity index (χ3n) is 4.58. The zero-order valence-corrected chi connectivity index (χ0v) is 14.5. The summed E-state index contributed by atoms with van der Waals surface area (Å²) in [5.41, 5.74) is 0.938. The van der Waals surface area contributed by atoms with Crippen LogP contribution in [0.15, 0.2) is 27.2 Å². The molecule has 1 aliphatic heterocycles. The molecule has 6 nitrogen and oxygen atoms in total. The van der Waals surface area contributed by atoms with Gasteiger partial charge in [0, 0.05) is 13.1 Å². The zero-order valence-electron chi connectivity index (χ0n) is 14.5. The number of oxazole rings is 1. The molecule has 6 heteroatoms. The lowest BCUT2D eigenvalue weighted by Crippen LogP contribution is -2.40. The second kappa shape index (κ2) is 7.96. The molecule has 1 aliphatic rings. The summed E-state index contributed by atoms with van der Waals surface area (Å²) in [6.45, 7) is 8.42. The predicted molar refractivity (Wildman–Crippen MR) is 91.5 cm³/mol. The summed E-state index contributed by atoms with van der Waals surface area (Å²) >= 11 is 0. The minimum Gasteiger partial charge on any atom is -0.459 e. The molecule has 2 aromatic rings. The van der Waals surface area contributed by atoms with Crippen LogP contribution in [0, 0.1) is 12.8 Å². The van der Waals surface area contributed by atoms with Crippen molar-refractivity contribution in [2.45, 2.75) is 39.3 Å². The number of furan rings is 1. The Balaban J connectivity index is 1.43. The highest BCUT2D eigenvalue weighted by molar-refractivity contribution is 5.44. The lowest BCUT2D eigenvalue weighted by molar-refractivity contribution is 0.0998. The maximum Gasteiger partial charge on any atom is 0.263 e. The molecule has 2 aromatic heterocycles. The Kier molecular flexibility index (Phi) is 5.71. The first kappa shape index (κ1) is 17.2. The molecule has 0 unspecified atom stereocenters. The largest absolute Gasteiger partial charge is 0.459 e. The van der Waals surface area contributed by atoms with Crippen LogP contribution in [-0.4, -0.2) is 47.3 Å². The van der Waals surface area contributed by atoms with Crippen molar-refractivity contribution in [3.63, 3.8) is 0 Å². The van der Waals surface area contributed by atoms with Gasteiger partial charge in [0.15, 0.2) is 5.76 Å². The standard InChI is InChI=1S/C18H27N3O3/c1-13(22)12-21-7-5-15(6-8-21)10-19-11-16-14(2)24-18(20-16)17-4-3-9-23-17/h3-4,9,13,15,19,22H,5-8,10-12H2,1-2H3/t13-/m1/s1. The van der Waals surface area contributed by atoms with Crippen LogP contribution in [0.25, 0.3) is 11.7 Å². The number of aliphatic hydroxyl groups is 1. The predicted octanol–water partition coefficient (Wildman–Crippen LogP) is 2.43. The Bertz CT molecular complexity index is 613. The maximum absolute atomic E-state index is 9.46. The molecule has 1 saturated heterocycles. The highest BCUT2D eigenvalue weighted by Gasteiger charge is 2.20. The SMILES string of the molecule is Cc1oc(-c2ccco2)nc1CNCC1CCN(C[C@@H](C)O)CC1. The topological polar surface area (TPSA) is 74.7 Å². The fraction of sp³-hybridized carbons (Fsp3) is 0.611. The Morgan fingerprint density at radius 3 is 2.88 bits per heavy atom. The Morgan fingerprint density at radius 2 is 2.21 bits per heavy atom. The van der Waals surface area contributed by atoms with Crippen LogP contribution in [0.5, 0.6) is 0 Å². The molecule has 3 heterocycles. The van der Waals surface area contributed by atoms with E-state index in [0.717, 1.165) is 37.6 Å². The second-order valence-corrected chi connectivity index (χ2v) is 6.72. The normalized spacial score (nSPS) is 18.1. The van der Waals surface area contributed by atoms with E-state index in [9.17, 15) is 5.11 Å². The molecule has 1 atom stereocenters. The van der Waals surface area contributed by atoms with Crippen LogP contribution in [0.1, 0.15) is 31.2 Å². The van der Waals surface area contributed by atoms with Gasteiger partial charge in [-0.3, -0.25) is 0 Å². The van der Waals surface area contributed by atoms with Gasteiger partial charge in [-0.2, -0.15) is 0 Å². The van der Waals surface area contributed by atoms with Crippen molar-refractivity contribution in [2.24, 2.45) is 5.92 Å². The molecule has 0 saturated carbocycles. The van der Waals surface area contributed by atoms with E-state index < -0.39 is 0 Å². The van der Waals surface area contributed by atoms with Gasteiger partial charge in [0.2, 0.25) is 0 Å². The molecule has 132 valence electrons. The van der Waals surface area contributed by atoms with Gasteiger partial charge in [-0.15, -0.1) is 0 Å². The van der Waals surface area contributed by atoms with Gasteiger partial charge >= 0.3 is 0 Å². The van der Waals surface area contributed by atoms with Crippen molar-refractivity contribution in [1.29, 1.82) is 0 Å². The number of likely N-dealkylation sites (tertiary alicyclic amines) is 1. The summed E-state index contributed by atoms with van der Waals surface area (Å²) in [6.07, 6.45) is 3.74. The average molecular weight is 333 g/mol. The summed E-state index contributed by atoms with van der Waals surface area (Å²) in [6, 6.07) is 3.68. The lowest BCUT2D eigenvalue weighted by atomic mass is 9.96. The number of piperidine rings is 1. The number of rotatable bonds is 7. The number of aryl methyl sites for hydroxylation is 1. The van der Waals surface area contributed by atoms with Gasteiger partial charge < -0.3 is 24.2 Å². The molecular weight excluding hydrogens is 306 g/mol. The molecule has 24 heavy (non-hydrogen) atoms. The van der Waals surface area contributed by atoms with E-state index in [-0.39, 0.29) is 6.10 Å². The number of nitrogens with zero attached hydrogens (tertiary/aromatic N) is 2. The smallest absolute Gasteiger partial charge is 0.263 e. The molecule has 0 aromatic carbocycles. The highest BCUT2D eigenvalue weighted by atomic mass is 16.4. The van der Waals surface area contributed by atoms with E-state index in [1.165, 1.54) is 12.8 Å². The Labute approximate surface area is 142 Å². The highest BCUT2D eigenvalue weighted by Crippen LogP contribution is 2.22. The van der Waals surface area contributed by atoms with Gasteiger partial charge in [-0.25, -0.2) is 4.98 Å². The molecule has 0 amide bonds. The molecule has 0 aliphatic carbocycles. The van der Waals surface area contributed by atoms with E-state index in [1.807, 2.05) is 26.0 Å². The van der Waals surface area contributed by atoms with Crippen LogP contribution in [0.3, 0.4) is 0 Å². The van der Waals surface area contributed by atoms with Crippen molar-refractivity contribution in [1.82, 2.24) is 15.2 Å². The van der Waals surface area contributed by atoms with E-state index >= 15 is 0 Å². The van der Waals surface area contributed by atoms with Crippen molar-refractivity contribution >= 4 is 0 Å². The number of aliphatic hydroxyl groups excluding tert-OH is 1. The van der Waals surface area contributed by atoms with Crippen LogP contribution >= 0.6 is 0 Å². The first-order valence-corrected chi connectivity index (χ1v) is 8.73. The van der Waals surface area contributed by atoms with Crippen molar-refractivity contribution in [3.8, 4) is 11.7 Å². The Hall–Kier alpha value is -1.63. The van der Waals surface area contributed by atoms with Gasteiger partial charge in [0.25, 0.3) is 5.89 Å².